The summed E-state index contributed by atoms with van der Waals surface area (Å²) in [6.45, 7) is 5.21. The maximum atomic E-state index is 11.3. The van der Waals surface area contributed by atoms with E-state index in [9.17, 15) is 15.0 Å². The van der Waals surface area contributed by atoms with E-state index in [1.165, 1.54) is 6.92 Å². The van der Waals surface area contributed by atoms with Gasteiger partial charge in [-0.15, -0.1) is 0 Å². The minimum atomic E-state index is -1.79. The van der Waals surface area contributed by atoms with Crippen LogP contribution in [0.2, 0.25) is 0 Å². The predicted molar refractivity (Wildman–Crippen MR) is 57.4 cm³/mol. The highest BCUT2D eigenvalue weighted by Gasteiger charge is 2.39. The zero-order valence-corrected chi connectivity index (χ0v) is 9.82. The first kappa shape index (κ1) is 14.4. The van der Waals surface area contributed by atoms with E-state index in [0.717, 1.165) is 19.3 Å². The third kappa shape index (κ3) is 4.62. The topological polar surface area (TPSA) is 66.8 Å². The minimum absolute atomic E-state index is 0.205. The summed E-state index contributed by atoms with van der Waals surface area (Å²) in [5.74, 6) is -0.756. The van der Waals surface area contributed by atoms with Crippen LogP contribution in [0.1, 0.15) is 46.5 Å². The van der Waals surface area contributed by atoms with Gasteiger partial charge in [0.05, 0.1) is 12.7 Å². The molecule has 4 nitrogen and oxygen atoms in total. The van der Waals surface area contributed by atoms with Gasteiger partial charge in [0.15, 0.2) is 5.60 Å². The molecule has 0 aliphatic heterocycles. The summed E-state index contributed by atoms with van der Waals surface area (Å²) in [7, 11) is 0. The lowest BCUT2D eigenvalue weighted by Gasteiger charge is -2.26. The second kappa shape index (κ2) is 6.80. The lowest BCUT2D eigenvalue weighted by Crippen LogP contribution is -2.47. The number of aliphatic hydroxyl groups is 2. The van der Waals surface area contributed by atoms with Crippen LogP contribution < -0.4 is 0 Å². The Labute approximate surface area is 91.3 Å². The number of hydrogen-bond acceptors (Lipinski definition) is 4. The van der Waals surface area contributed by atoms with Crippen LogP contribution in [0.3, 0.4) is 0 Å². The molecule has 0 rings (SSSR count). The number of aliphatic hydroxyl groups excluding tert-OH is 1. The van der Waals surface area contributed by atoms with Gasteiger partial charge in [-0.05, 0) is 20.3 Å². The molecule has 0 aliphatic carbocycles. The Morgan fingerprint density at radius 2 is 2.00 bits per heavy atom. The van der Waals surface area contributed by atoms with Gasteiger partial charge in [-0.3, -0.25) is 0 Å². The first-order valence-electron chi connectivity index (χ1n) is 5.54. The van der Waals surface area contributed by atoms with Crippen molar-refractivity contribution in [3.63, 3.8) is 0 Å². The number of carbonyl (C=O) groups is 1. The molecule has 0 aromatic heterocycles. The molecule has 15 heavy (non-hydrogen) atoms. The van der Waals surface area contributed by atoms with Crippen molar-refractivity contribution in [3.8, 4) is 0 Å². The molecule has 0 aromatic carbocycles. The molecule has 0 fully saturated rings. The van der Waals surface area contributed by atoms with Crippen LogP contribution in [0.25, 0.3) is 0 Å². The highest BCUT2D eigenvalue weighted by atomic mass is 16.6. The second-order valence-corrected chi connectivity index (χ2v) is 3.88. The standard InChI is InChI=1S/C11H22O4/c1-4-6-7-8-9(12)11(3,14)10(13)15-5-2/h9,12,14H,4-8H2,1-3H3/t9-,11+/m0/s1. The fourth-order valence-corrected chi connectivity index (χ4v) is 1.28. The third-order valence-corrected chi connectivity index (χ3v) is 2.42. The Morgan fingerprint density at radius 1 is 1.40 bits per heavy atom. The lowest BCUT2D eigenvalue weighted by molar-refractivity contribution is -0.175. The summed E-state index contributed by atoms with van der Waals surface area (Å²) >= 11 is 0. The molecule has 0 heterocycles. The van der Waals surface area contributed by atoms with Crippen LogP contribution in [0, 0.1) is 0 Å². The van der Waals surface area contributed by atoms with Gasteiger partial charge in [-0.25, -0.2) is 4.79 Å². The first-order valence-corrected chi connectivity index (χ1v) is 5.54. The summed E-state index contributed by atoms with van der Waals surface area (Å²) < 4.78 is 4.69. The molecule has 0 bridgehead atoms. The average molecular weight is 218 g/mol. The van der Waals surface area contributed by atoms with Gasteiger partial charge in [-0.1, -0.05) is 26.2 Å². The van der Waals surface area contributed by atoms with Crippen molar-refractivity contribution < 1.29 is 19.7 Å². The van der Waals surface area contributed by atoms with Gasteiger partial charge in [-0.2, -0.15) is 0 Å². The molecule has 4 heteroatoms. The van der Waals surface area contributed by atoms with E-state index in [1.807, 2.05) is 0 Å². The number of unbranched alkanes of at least 4 members (excludes halogenated alkanes) is 2. The molecule has 2 N–H and O–H groups in total. The monoisotopic (exact) mass is 218 g/mol. The molecule has 0 spiro atoms. The predicted octanol–water partition coefficient (Wildman–Crippen LogP) is 1.24. The van der Waals surface area contributed by atoms with Gasteiger partial charge in [0.2, 0.25) is 0 Å². The van der Waals surface area contributed by atoms with E-state index >= 15 is 0 Å². The molecule has 2 atom stereocenters. The van der Waals surface area contributed by atoms with Crippen molar-refractivity contribution in [1.82, 2.24) is 0 Å². The normalized spacial score (nSPS) is 16.9. The number of rotatable bonds is 7. The van der Waals surface area contributed by atoms with Crippen molar-refractivity contribution in [2.24, 2.45) is 0 Å². The summed E-state index contributed by atoms with van der Waals surface area (Å²) in [6, 6.07) is 0. The molecule has 90 valence electrons. The van der Waals surface area contributed by atoms with Crippen LogP contribution in [0.4, 0.5) is 0 Å². The van der Waals surface area contributed by atoms with Crippen molar-refractivity contribution in [1.29, 1.82) is 0 Å². The van der Waals surface area contributed by atoms with E-state index < -0.39 is 17.7 Å². The number of carbonyl (C=O) groups excluding carboxylic acids is 1. The molecule has 0 aromatic rings. The molecule has 0 saturated heterocycles. The van der Waals surface area contributed by atoms with Gasteiger partial charge in [0.25, 0.3) is 0 Å². The van der Waals surface area contributed by atoms with Gasteiger partial charge >= 0.3 is 5.97 Å². The average Bonchev–Trinajstić information content (AvgIpc) is 2.18. The van der Waals surface area contributed by atoms with E-state index in [4.69, 9.17) is 0 Å². The van der Waals surface area contributed by atoms with Gasteiger partial charge in [0.1, 0.15) is 0 Å². The summed E-state index contributed by atoms with van der Waals surface area (Å²) in [6.07, 6.45) is 2.18. The molecular formula is C11H22O4. The van der Waals surface area contributed by atoms with Crippen molar-refractivity contribution in [2.45, 2.75) is 58.2 Å². The van der Waals surface area contributed by atoms with E-state index in [2.05, 4.69) is 11.7 Å². The van der Waals surface area contributed by atoms with Crippen LogP contribution in [0.5, 0.6) is 0 Å². The third-order valence-electron chi connectivity index (χ3n) is 2.42. The zero-order valence-electron chi connectivity index (χ0n) is 9.82. The molecule has 0 saturated carbocycles. The molecule has 0 radical (unpaired) electrons. The van der Waals surface area contributed by atoms with E-state index in [-0.39, 0.29) is 6.61 Å². The fourth-order valence-electron chi connectivity index (χ4n) is 1.28. The largest absolute Gasteiger partial charge is 0.464 e. The van der Waals surface area contributed by atoms with E-state index in [0.29, 0.717) is 6.42 Å². The summed E-state index contributed by atoms with van der Waals surface area (Å²) in [5, 5.41) is 19.4. The Bertz CT molecular complexity index is 189. The van der Waals surface area contributed by atoms with Crippen LogP contribution in [-0.4, -0.2) is 34.5 Å². The maximum absolute atomic E-state index is 11.3. The summed E-state index contributed by atoms with van der Waals surface area (Å²) in [4.78, 5) is 11.3. The smallest absolute Gasteiger partial charge is 0.340 e. The Kier molecular flexibility index (Phi) is 6.52. The highest BCUT2D eigenvalue weighted by molar-refractivity contribution is 5.79. The zero-order chi connectivity index (χ0) is 11.9. The summed E-state index contributed by atoms with van der Waals surface area (Å²) in [5.41, 5.74) is -1.79. The molecular weight excluding hydrogens is 196 g/mol. The fraction of sp³-hybridized carbons (Fsp3) is 0.909. The Balaban J connectivity index is 4.12. The van der Waals surface area contributed by atoms with Crippen LogP contribution >= 0.6 is 0 Å². The first-order chi connectivity index (χ1) is 6.96. The van der Waals surface area contributed by atoms with Crippen molar-refractivity contribution in [3.05, 3.63) is 0 Å². The minimum Gasteiger partial charge on any atom is -0.464 e. The lowest BCUT2D eigenvalue weighted by atomic mass is 9.94. The van der Waals surface area contributed by atoms with Crippen LogP contribution in [0.15, 0.2) is 0 Å². The quantitative estimate of drug-likeness (QED) is 0.498. The molecule has 0 unspecified atom stereocenters. The molecule has 0 amide bonds. The number of ether oxygens (including phenoxy) is 1. The van der Waals surface area contributed by atoms with E-state index in [1.54, 1.807) is 6.92 Å². The molecule has 0 aliphatic rings. The Morgan fingerprint density at radius 3 is 2.47 bits per heavy atom. The Hall–Kier alpha value is -0.610. The van der Waals surface area contributed by atoms with Crippen molar-refractivity contribution in [2.75, 3.05) is 6.61 Å². The second-order valence-electron chi connectivity index (χ2n) is 3.88. The van der Waals surface area contributed by atoms with Gasteiger partial charge < -0.3 is 14.9 Å². The highest BCUT2D eigenvalue weighted by Crippen LogP contribution is 2.17. The van der Waals surface area contributed by atoms with Gasteiger partial charge in [0, 0.05) is 0 Å². The number of esters is 1. The van der Waals surface area contributed by atoms with Crippen LogP contribution in [-0.2, 0) is 9.53 Å². The van der Waals surface area contributed by atoms with Crippen molar-refractivity contribution >= 4 is 5.97 Å². The number of hydrogen-bond donors (Lipinski definition) is 2. The SMILES string of the molecule is CCCCC[C@H](O)[C@@](C)(O)C(=O)OCC. The maximum Gasteiger partial charge on any atom is 0.340 e.